The maximum absolute atomic E-state index is 11.7. The Morgan fingerprint density at radius 1 is 1.47 bits per heavy atom. The molecule has 0 aromatic carbocycles. The van der Waals surface area contributed by atoms with E-state index in [-0.39, 0.29) is 11.5 Å². The Balaban J connectivity index is 1.79. The lowest BCUT2D eigenvalue weighted by Gasteiger charge is -2.56. The van der Waals surface area contributed by atoms with Gasteiger partial charge in [0.25, 0.3) is 0 Å². The van der Waals surface area contributed by atoms with E-state index in [2.05, 4.69) is 6.07 Å². The molecule has 0 N–H and O–H groups in total. The highest BCUT2D eigenvalue weighted by Crippen LogP contribution is 2.51. The summed E-state index contributed by atoms with van der Waals surface area (Å²) < 4.78 is 5.30. The van der Waals surface area contributed by atoms with E-state index in [0.717, 1.165) is 25.9 Å². The van der Waals surface area contributed by atoms with Crippen LogP contribution in [0.5, 0.6) is 0 Å². The largest absolute Gasteiger partial charge is 0.444 e. The molecular formula is C13H18N2O2. The van der Waals surface area contributed by atoms with Gasteiger partial charge >= 0.3 is 6.09 Å². The molecule has 4 nitrogen and oxygen atoms in total. The number of carbonyl (C=O) groups excluding carboxylic acids is 1. The smallest absolute Gasteiger partial charge is 0.410 e. The number of amides is 1. The van der Waals surface area contributed by atoms with Crippen molar-refractivity contribution in [3.8, 4) is 6.07 Å². The number of allylic oxidation sites excluding steroid dienone is 2. The lowest BCUT2D eigenvalue weighted by Crippen LogP contribution is -2.62. The minimum Gasteiger partial charge on any atom is -0.444 e. The van der Waals surface area contributed by atoms with Crippen LogP contribution in [0.3, 0.4) is 0 Å². The molecule has 2 rings (SSSR count). The molecule has 1 amide bonds. The Morgan fingerprint density at radius 2 is 2.06 bits per heavy atom. The van der Waals surface area contributed by atoms with E-state index in [4.69, 9.17) is 10.00 Å². The van der Waals surface area contributed by atoms with E-state index < -0.39 is 5.60 Å². The standard InChI is InChI=1S/C13H18N2O2/c1-12(2,3)17-11(16)15-8-13(9-15)6-10(7-13)4-5-14/h4H,6-9H2,1-3H3. The van der Waals surface area contributed by atoms with Crippen LogP contribution in [0.15, 0.2) is 11.6 Å². The van der Waals surface area contributed by atoms with E-state index in [0.29, 0.717) is 0 Å². The van der Waals surface area contributed by atoms with Crippen molar-refractivity contribution in [2.75, 3.05) is 13.1 Å². The summed E-state index contributed by atoms with van der Waals surface area (Å²) in [6, 6.07) is 2.05. The molecule has 1 aliphatic carbocycles. The number of hydrogen-bond donors (Lipinski definition) is 0. The van der Waals surface area contributed by atoms with Gasteiger partial charge in [0.2, 0.25) is 0 Å². The van der Waals surface area contributed by atoms with Crippen LogP contribution in [0.2, 0.25) is 0 Å². The summed E-state index contributed by atoms with van der Waals surface area (Å²) in [5.41, 5.74) is 1.03. The average Bonchev–Trinajstić information content (AvgIpc) is 2.03. The van der Waals surface area contributed by atoms with Crippen LogP contribution in [0.25, 0.3) is 0 Å². The van der Waals surface area contributed by atoms with E-state index in [1.165, 1.54) is 5.57 Å². The minimum absolute atomic E-state index is 0.221. The van der Waals surface area contributed by atoms with Gasteiger partial charge in [0.1, 0.15) is 5.60 Å². The molecular weight excluding hydrogens is 216 g/mol. The Morgan fingerprint density at radius 3 is 2.53 bits per heavy atom. The number of nitrogens with zero attached hydrogens (tertiary/aromatic N) is 2. The van der Waals surface area contributed by atoms with Crippen LogP contribution in [-0.2, 0) is 4.74 Å². The first-order valence-electron chi connectivity index (χ1n) is 5.89. The molecule has 1 aliphatic heterocycles. The molecule has 0 bridgehead atoms. The molecule has 0 aromatic heterocycles. The summed E-state index contributed by atoms with van der Waals surface area (Å²) in [6.45, 7) is 7.15. The average molecular weight is 234 g/mol. The van der Waals surface area contributed by atoms with Crippen molar-refractivity contribution in [1.82, 2.24) is 4.90 Å². The van der Waals surface area contributed by atoms with E-state index >= 15 is 0 Å². The number of hydrogen-bond acceptors (Lipinski definition) is 3. The van der Waals surface area contributed by atoms with Gasteiger partial charge in [0, 0.05) is 24.6 Å². The van der Waals surface area contributed by atoms with Crippen LogP contribution in [0, 0.1) is 16.7 Å². The van der Waals surface area contributed by atoms with E-state index in [9.17, 15) is 4.79 Å². The van der Waals surface area contributed by atoms with Gasteiger partial charge in [-0.25, -0.2) is 4.79 Å². The van der Waals surface area contributed by atoms with Gasteiger partial charge < -0.3 is 9.64 Å². The summed E-state index contributed by atoms with van der Waals surface area (Å²) >= 11 is 0. The third-order valence-corrected chi connectivity index (χ3v) is 3.18. The lowest BCUT2D eigenvalue weighted by atomic mass is 9.61. The highest BCUT2D eigenvalue weighted by atomic mass is 16.6. The second-order valence-corrected chi connectivity index (χ2v) is 6.12. The maximum atomic E-state index is 11.7. The van der Waals surface area contributed by atoms with Gasteiger partial charge in [-0.3, -0.25) is 0 Å². The Kier molecular flexibility index (Phi) is 2.65. The fourth-order valence-corrected chi connectivity index (χ4v) is 2.55. The third kappa shape index (κ3) is 2.44. The maximum Gasteiger partial charge on any atom is 0.410 e. The highest BCUT2D eigenvalue weighted by molar-refractivity contribution is 5.69. The number of ether oxygens (including phenoxy) is 1. The number of rotatable bonds is 0. The number of carbonyl (C=O) groups is 1. The second kappa shape index (κ2) is 3.76. The van der Waals surface area contributed by atoms with Crippen molar-refractivity contribution in [2.45, 2.75) is 39.2 Å². The summed E-state index contributed by atoms with van der Waals surface area (Å²) in [5, 5.41) is 8.52. The van der Waals surface area contributed by atoms with Crippen molar-refractivity contribution in [2.24, 2.45) is 5.41 Å². The van der Waals surface area contributed by atoms with Crippen LogP contribution in [0.4, 0.5) is 4.79 Å². The molecule has 0 aromatic rings. The summed E-state index contributed by atoms with van der Waals surface area (Å²) in [6.07, 6.45) is 3.32. The van der Waals surface area contributed by atoms with Gasteiger partial charge in [0.15, 0.2) is 0 Å². The zero-order chi connectivity index (χ0) is 12.7. The summed E-state index contributed by atoms with van der Waals surface area (Å²) in [7, 11) is 0. The molecule has 1 heterocycles. The molecule has 1 spiro atoms. The molecule has 0 unspecified atom stereocenters. The van der Waals surface area contributed by atoms with E-state index in [1.807, 2.05) is 20.8 Å². The van der Waals surface area contributed by atoms with Crippen molar-refractivity contribution in [3.05, 3.63) is 11.6 Å². The molecule has 1 saturated heterocycles. The zero-order valence-corrected chi connectivity index (χ0v) is 10.6. The van der Waals surface area contributed by atoms with Crippen LogP contribution in [0.1, 0.15) is 33.6 Å². The van der Waals surface area contributed by atoms with Gasteiger partial charge in [-0.2, -0.15) is 5.26 Å². The minimum atomic E-state index is -0.425. The molecule has 1 saturated carbocycles. The first-order valence-corrected chi connectivity index (χ1v) is 5.89. The fourth-order valence-electron chi connectivity index (χ4n) is 2.55. The van der Waals surface area contributed by atoms with Crippen molar-refractivity contribution in [3.63, 3.8) is 0 Å². The van der Waals surface area contributed by atoms with Crippen molar-refractivity contribution < 1.29 is 9.53 Å². The molecule has 0 radical (unpaired) electrons. The predicted molar refractivity (Wildman–Crippen MR) is 63.2 cm³/mol. The molecule has 17 heavy (non-hydrogen) atoms. The Hall–Kier alpha value is -1.50. The Bertz CT molecular complexity index is 396. The van der Waals surface area contributed by atoms with Gasteiger partial charge in [0.05, 0.1) is 6.07 Å². The van der Waals surface area contributed by atoms with Gasteiger partial charge in [-0.15, -0.1) is 0 Å². The van der Waals surface area contributed by atoms with E-state index in [1.54, 1.807) is 11.0 Å². The topological polar surface area (TPSA) is 53.3 Å². The third-order valence-electron chi connectivity index (χ3n) is 3.18. The van der Waals surface area contributed by atoms with Gasteiger partial charge in [-0.1, -0.05) is 5.57 Å². The molecule has 2 aliphatic rings. The van der Waals surface area contributed by atoms with Crippen LogP contribution >= 0.6 is 0 Å². The highest BCUT2D eigenvalue weighted by Gasteiger charge is 2.52. The van der Waals surface area contributed by atoms with Crippen molar-refractivity contribution >= 4 is 6.09 Å². The van der Waals surface area contributed by atoms with Gasteiger partial charge in [-0.05, 0) is 33.6 Å². The molecule has 2 fully saturated rings. The first kappa shape index (κ1) is 12.0. The number of nitriles is 1. The number of likely N-dealkylation sites (tertiary alicyclic amines) is 1. The lowest BCUT2D eigenvalue weighted by molar-refractivity contribution is -0.0502. The summed E-state index contributed by atoms with van der Waals surface area (Å²) in [5.74, 6) is 0. The fraction of sp³-hybridized carbons (Fsp3) is 0.692. The SMILES string of the molecule is CC(C)(C)OC(=O)N1CC2(CC(=CC#N)C2)C1. The molecule has 92 valence electrons. The normalized spacial score (nSPS) is 21.3. The molecule has 4 heteroatoms. The Labute approximate surface area is 102 Å². The van der Waals surface area contributed by atoms with Crippen molar-refractivity contribution in [1.29, 1.82) is 5.26 Å². The molecule has 0 atom stereocenters. The second-order valence-electron chi connectivity index (χ2n) is 6.12. The monoisotopic (exact) mass is 234 g/mol. The van der Waals surface area contributed by atoms with Crippen LogP contribution in [-0.4, -0.2) is 29.7 Å². The quantitative estimate of drug-likeness (QED) is 0.605. The van der Waals surface area contributed by atoms with Crippen LogP contribution < -0.4 is 0 Å². The zero-order valence-electron chi connectivity index (χ0n) is 10.6. The summed E-state index contributed by atoms with van der Waals surface area (Å²) in [4.78, 5) is 13.5. The first-order chi connectivity index (χ1) is 7.84. The predicted octanol–water partition coefficient (Wildman–Crippen LogP) is 2.47.